The third kappa shape index (κ3) is 4.91. The number of anilines is 2. The Morgan fingerprint density at radius 3 is 2.57 bits per heavy atom. The van der Waals surface area contributed by atoms with Crippen LogP contribution in [0.5, 0.6) is 0 Å². The Bertz CT molecular complexity index is 1220. The Kier molecular flexibility index (Phi) is 6.64. The Morgan fingerprint density at radius 2 is 1.91 bits per heavy atom. The van der Waals surface area contributed by atoms with Crippen molar-refractivity contribution >= 4 is 46.9 Å². The number of benzene rings is 2. The lowest BCUT2D eigenvalue weighted by atomic mass is 9.79. The lowest BCUT2D eigenvalue weighted by Gasteiger charge is -2.47. The summed E-state index contributed by atoms with van der Waals surface area (Å²) in [7, 11) is 0. The molecule has 4 amide bonds. The Labute approximate surface area is 211 Å². The molecule has 2 N–H and O–H groups in total. The van der Waals surface area contributed by atoms with E-state index in [1.807, 2.05) is 6.92 Å². The number of aryl methyl sites for hydroxylation is 1. The smallest absolute Gasteiger partial charge is 0.329 e. The summed E-state index contributed by atoms with van der Waals surface area (Å²) in [6.07, 6.45) is 2.73. The quantitative estimate of drug-likeness (QED) is 0.437. The highest BCUT2D eigenvalue weighted by molar-refractivity contribution is 6.30. The Balaban J connectivity index is 1.55. The van der Waals surface area contributed by atoms with Gasteiger partial charge >= 0.3 is 6.03 Å². The molecule has 2 heterocycles. The minimum atomic E-state index is -0.615. The van der Waals surface area contributed by atoms with Crippen LogP contribution in [-0.2, 0) is 9.59 Å². The van der Waals surface area contributed by atoms with Crippen molar-refractivity contribution in [2.75, 3.05) is 23.3 Å². The molecule has 1 fully saturated rings. The van der Waals surface area contributed by atoms with E-state index < -0.39 is 17.8 Å². The molecular formula is C27H31ClN4O3. The molecule has 7 nitrogen and oxygen atoms in total. The van der Waals surface area contributed by atoms with E-state index in [1.165, 1.54) is 11.3 Å². The zero-order valence-electron chi connectivity index (χ0n) is 20.7. The standard InChI is InChI=1S/C27H31ClN4O3/c1-6-32-23-11-16(2)18(12-21(23)17(3)14-27(32,4)5)13-22-25(34)31(26(35)30-22)15-24(33)29-20-9-7-19(28)8-10-20/h7-13,17H,6,14-15H2,1-5H3,(H,29,33)(H,30,35)/b22-13-. The molecule has 1 unspecified atom stereocenters. The van der Waals surface area contributed by atoms with Crippen LogP contribution < -0.4 is 15.5 Å². The van der Waals surface area contributed by atoms with Gasteiger partial charge in [0.1, 0.15) is 12.2 Å². The topological polar surface area (TPSA) is 81.8 Å². The van der Waals surface area contributed by atoms with Gasteiger partial charge in [0.25, 0.3) is 5.91 Å². The SMILES string of the molecule is CCN1c2cc(C)c(/C=C3\NC(=O)N(CC(=O)Nc4ccc(Cl)cc4)C3=O)cc2C(C)CC1(C)C. The monoisotopic (exact) mass is 494 g/mol. The third-order valence-corrected chi connectivity index (χ3v) is 7.03. The summed E-state index contributed by atoms with van der Waals surface area (Å²) in [5, 5.41) is 5.84. The third-order valence-electron chi connectivity index (χ3n) is 6.78. The first kappa shape index (κ1) is 24.8. The molecule has 8 heteroatoms. The number of fused-ring (bicyclic) bond motifs is 1. The summed E-state index contributed by atoms with van der Waals surface area (Å²) in [6.45, 7) is 11.5. The maximum atomic E-state index is 13.0. The number of halogens is 1. The van der Waals surface area contributed by atoms with Gasteiger partial charge in [-0.15, -0.1) is 0 Å². The molecule has 0 aliphatic carbocycles. The van der Waals surface area contributed by atoms with E-state index in [2.05, 4.69) is 55.4 Å². The number of amides is 4. The normalized spacial score (nSPS) is 20.2. The lowest BCUT2D eigenvalue weighted by molar-refractivity contribution is -0.127. The molecule has 184 valence electrons. The van der Waals surface area contributed by atoms with Crippen LogP contribution >= 0.6 is 11.6 Å². The van der Waals surface area contributed by atoms with E-state index in [0.29, 0.717) is 16.6 Å². The van der Waals surface area contributed by atoms with Crippen molar-refractivity contribution in [1.29, 1.82) is 0 Å². The lowest BCUT2D eigenvalue weighted by Crippen LogP contribution is -2.48. The van der Waals surface area contributed by atoms with Gasteiger partial charge in [0.05, 0.1) is 0 Å². The van der Waals surface area contributed by atoms with Crippen LogP contribution in [0.2, 0.25) is 5.02 Å². The van der Waals surface area contributed by atoms with E-state index >= 15 is 0 Å². The van der Waals surface area contributed by atoms with Crippen LogP contribution in [0.3, 0.4) is 0 Å². The number of nitrogens with one attached hydrogen (secondary N) is 2. The van der Waals surface area contributed by atoms with Crippen LogP contribution in [0.15, 0.2) is 42.1 Å². The maximum absolute atomic E-state index is 13.0. The minimum absolute atomic E-state index is 0.0655. The molecule has 2 aromatic carbocycles. The van der Waals surface area contributed by atoms with Crippen LogP contribution in [0.4, 0.5) is 16.2 Å². The molecule has 0 bridgehead atoms. The van der Waals surface area contributed by atoms with Crippen LogP contribution in [0, 0.1) is 6.92 Å². The fourth-order valence-corrected chi connectivity index (χ4v) is 5.28. The molecule has 1 saturated heterocycles. The van der Waals surface area contributed by atoms with Crippen LogP contribution in [0.25, 0.3) is 6.08 Å². The van der Waals surface area contributed by atoms with Crippen molar-refractivity contribution in [2.24, 2.45) is 0 Å². The highest BCUT2D eigenvalue weighted by Crippen LogP contribution is 2.44. The fourth-order valence-electron chi connectivity index (χ4n) is 5.15. The van der Waals surface area contributed by atoms with E-state index in [-0.39, 0.29) is 17.8 Å². The number of nitrogens with zero attached hydrogens (tertiary/aromatic N) is 2. The molecular weight excluding hydrogens is 464 g/mol. The van der Waals surface area contributed by atoms with Gasteiger partial charge in [0.15, 0.2) is 0 Å². The van der Waals surface area contributed by atoms with Crippen LogP contribution in [-0.4, -0.2) is 41.4 Å². The molecule has 1 atom stereocenters. The molecule has 0 aromatic heterocycles. The summed E-state index contributed by atoms with van der Waals surface area (Å²) >= 11 is 5.86. The molecule has 0 spiro atoms. The molecule has 2 aromatic rings. The second-order valence-electron chi connectivity index (χ2n) is 9.86. The van der Waals surface area contributed by atoms with Gasteiger partial charge in [-0.2, -0.15) is 0 Å². The average molecular weight is 495 g/mol. The van der Waals surface area contributed by atoms with Gasteiger partial charge in [0, 0.05) is 28.5 Å². The van der Waals surface area contributed by atoms with Crippen molar-refractivity contribution < 1.29 is 14.4 Å². The van der Waals surface area contributed by atoms with Gasteiger partial charge in [-0.3, -0.25) is 9.59 Å². The summed E-state index contributed by atoms with van der Waals surface area (Å²) in [5.41, 5.74) is 5.11. The van der Waals surface area contributed by atoms with Crippen molar-refractivity contribution in [3.63, 3.8) is 0 Å². The van der Waals surface area contributed by atoms with Gasteiger partial charge < -0.3 is 15.5 Å². The number of carbonyl (C=O) groups is 3. The zero-order valence-corrected chi connectivity index (χ0v) is 21.5. The first-order valence-corrected chi connectivity index (χ1v) is 12.2. The van der Waals surface area contributed by atoms with Gasteiger partial charge in [0.2, 0.25) is 5.91 Å². The number of urea groups is 1. The molecule has 2 aliphatic rings. The second-order valence-corrected chi connectivity index (χ2v) is 10.3. The number of hydrogen-bond donors (Lipinski definition) is 2. The summed E-state index contributed by atoms with van der Waals surface area (Å²) in [5.74, 6) is -0.636. The van der Waals surface area contributed by atoms with E-state index in [4.69, 9.17) is 11.6 Å². The van der Waals surface area contributed by atoms with Crippen molar-refractivity contribution in [3.8, 4) is 0 Å². The second kappa shape index (κ2) is 9.38. The van der Waals surface area contributed by atoms with Crippen LogP contribution in [0.1, 0.15) is 56.7 Å². The number of hydrogen-bond acceptors (Lipinski definition) is 4. The number of imide groups is 1. The van der Waals surface area contributed by atoms with Crippen molar-refractivity contribution in [2.45, 2.75) is 52.5 Å². The predicted molar refractivity (Wildman–Crippen MR) is 140 cm³/mol. The van der Waals surface area contributed by atoms with E-state index in [0.717, 1.165) is 29.0 Å². The van der Waals surface area contributed by atoms with E-state index in [1.54, 1.807) is 30.3 Å². The van der Waals surface area contributed by atoms with Gasteiger partial charge in [-0.05, 0) is 99.2 Å². The molecule has 4 rings (SSSR count). The highest BCUT2D eigenvalue weighted by atomic mass is 35.5. The fraction of sp³-hybridized carbons (Fsp3) is 0.370. The van der Waals surface area contributed by atoms with Crippen molar-refractivity contribution in [3.05, 3.63) is 63.8 Å². The first-order chi connectivity index (χ1) is 16.5. The molecule has 0 radical (unpaired) electrons. The molecule has 0 saturated carbocycles. The summed E-state index contributed by atoms with van der Waals surface area (Å²) < 4.78 is 0. The van der Waals surface area contributed by atoms with Crippen molar-refractivity contribution in [1.82, 2.24) is 10.2 Å². The number of rotatable bonds is 5. The molecule has 35 heavy (non-hydrogen) atoms. The summed E-state index contributed by atoms with van der Waals surface area (Å²) in [6, 6.07) is 10.3. The predicted octanol–water partition coefficient (Wildman–Crippen LogP) is 5.29. The van der Waals surface area contributed by atoms with Gasteiger partial charge in [-0.1, -0.05) is 18.5 Å². The Morgan fingerprint density at radius 1 is 1.23 bits per heavy atom. The number of carbonyl (C=O) groups excluding carboxylic acids is 3. The van der Waals surface area contributed by atoms with Gasteiger partial charge in [-0.25, -0.2) is 9.69 Å². The first-order valence-electron chi connectivity index (χ1n) is 11.8. The largest absolute Gasteiger partial charge is 0.366 e. The molecule has 2 aliphatic heterocycles. The van der Waals surface area contributed by atoms with E-state index in [9.17, 15) is 14.4 Å². The average Bonchev–Trinajstić information content (AvgIpc) is 3.03. The minimum Gasteiger partial charge on any atom is -0.366 e. The highest BCUT2D eigenvalue weighted by Gasteiger charge is 2.37. The zero-order chi connectivity index (χ0) is 25.5. The summed E-state index contributed by atoms with van der Waals surface area (Å²) in [4.78, 5) is 41.2. The maximum Gasteiger partial charge on any atom is 0.329 e. The Hall–Kier alpha value is -3.32.